The number of hydrogen-bond acceptors (Lipinski definition) is 4. The van der Waals surface area contributed by atoms with E-state index < -0.39 is 10.0 Å². The van der Waals surface area contributed by atoms with Gasteiger partial charge in [0.2, 0.25) is 10.0 Å². The van der Waals surface area contributed by atoms with E-state index in [1.54, 1.807) is 18.3 Å². The average molecular weight is 450 g/mol. The molecule has 0 bridgehead atoms. The number of sulfonamides is 1. The highest BCUT2D eigenvalue weighted by atomic mass is 32.2. The lowest BCUT2D eigenvalue weighted by molar-refractivity contribution is 0.276. The summed E-state index contributed by atoms with van der Waals surface area (Å²) in [4.78, 5) is 6.97. The molecule has 31 heavy (non-hydrogen) atoms. The van der Waals surface area contributed by atoms with E-state index in [4.69, 9.17) is 0 Å². The lowest BCUT2D eigenvalue weighted by atomic mass is 10.1. The fourth-order valence-corrected chi connectivity index (χ4v) is 5.58. The van der Waals surface area contributed by atoms with Crippen molar-refractivity contribution >= 4 is 16.0 Å². The van der Waals surface area contributed by atoms with Crippen molar-refractivity contribution in [2.45, 2.75) is 64.6 Å². The average Bonchev–Trinajstić information content (AvgIpc) is 3.06. The topological polar surface area (TPSA) is 77.0 Å². The predicted molar refractivity (Wildman–Crippen MR) is 128 cm³/mol. The number of nitrogens with zero attached hydrogens (tertiary/aromatic N) is 3. The molecule has 1 aromatic rings. The van der Waals surface area contributed by atoms with Crippen molar-refractivity contribution in [1.82, 2.24) is 19.8 Å². The van der Waals surface area contributed by atoms with Crippen molar-refractivity contribution in [3.8, 4) is 0 Å². The van der Waals surface area contributed by atoms with Gasteiger partial charge in [0.15, 0.2) is 5.96 Å². The van der Waals surface area contributed by atoms with E-state index in [2.05, 4.69) is 44.8 Å². The van der Waals surface area contributed by atoms with Crippen LogP contribution in [0.15, 0.2) is 29.3 Å². The Kier molecular flexibility index (Phi) is 9.16. The van der Waals surface area contributed by atoms with Gasteiger partial charge < -0.3 is 10.6 Å². The molecule has 0 aliphatic carbocycles. The summed E-state index contributed by atoms with van der Waals surface area (Å²) in [5.41, 5.74) is 2.68. The van der Waals surface area contributed by atoms with Gasteiger partial charge in [0.05, 0.1) is 5.75 Å². The van der Waals surface area contributed by atoms with E-state index in [0.29, 0.717) is 13.1 Å². The molecule has 0 radical (unpaired) electrons. The number of rotatable bonds is 7. The van der Waals surface area contributed by atoms with Crippen molar-refractivity contribution in [2.75, 3.05) is 39.0 Å². The summed E-state index contributed by atoms with van der Waals surface area (Å²) in [6.45, 7) is 6.97. The third-order valence-electron chi connectivity index (χ3n) is 6.43. The Morgan fingerprint density at radius 1 is 1.03 bits per heavy atom. The van der Waals surface area contributed by atoms with E-state index in [0.717, 1.165) is 31.9 Å². The van der Waals surface area contributed by atoms with Gasteiger partial charge in [0.25, 0.3) is 0 Å². The van der Waals surface area contributed by atoms with Gasteiger partial charge in [-0.15, -0.1) is 0 Å². The lowest BCUT2D eigenvalue weighted by Gasteiger charge is -2.32. The molecule has 0 spiro atoms. The second-order valence-electron chi connectivity index (χ2n) is 8.60. The fraction of sp³-hybridized carbons (Fsp3) is 0.696. The largest absolute Gasteiger partial charge is 0.354 e. The molecule has 0 amide bonds. The highest BCUT2D eigenvalue weighted by Gasteiger charge is 2.27. The summed E-state index contributed by atoms with van der Waals surface area (Å²) in [5.74, 6) is 0.951. The fourth-order valence-electron chi connectivity index (χ4n) is 4.45. The zero-order valence-corrected chi connectivity index (χ0v) is 20.0. The monoisotopic (exact) mass is 449 g/mol. The number of guanidine groups is 1. The first-order valence-electron chi connectivity index (χ1n) is 11.8. The van der Waals surface area contributed by atoms with Gasteiger partial charge in [-0.3, -0.25) is 9.89 Å². The molecule has 0 atom stereocenters. The summed E-state index contributed by atoms with van der Waals surface area (Å²) in [6.07, 6.45) is 6.90. The second kappa shape index (κ2) is 11.8. The molecule has 8 heteroatoms. The Bertz CT molecular complexity index is 811. The van der Waals surface area contributed by atoms with Gasteiger partial charge >= 0.3 is 0 Å². The van der Waals surface area contributed by atoms with Gasteiger partial charge in [-0.2, -0.15) is 0 Å². The Labute approximate surface area is 188 Å². The second-order valence-corrected chi connectivity index (χ2v) is 10.9. The van der Waals surface area contributed by atoms with Crippen LogP contribution in [0.5, 0.6) is 0 Å². The van der Waals surface area contributed by atoms with E-state index in [-0.39, 0.29) is 11.8 Å². The van der Waals surface area contributed by atoms with E-state index in [1.165, 1.54) is 49.9 Å². The number of benzene rings is 1. The molecule has 0 aromatic heterocycles. The van der Waals surface area contributed by atoms with Gasteiger partial charge in [-0.25, -0.2) is 12.7 Å². The van der Waals surface area contributed by atoms with Gasteiger partial charge in [-0.1, -0.05) is 37.1 Å². The molecular formula is C23H39N5O2S. The Hall–Kier alpha value is -1.64. The molecule has 2 aliphatic heterocycles. The molecule has 7 nitrogen and oxygen atoms in total. The van der Waals surface area contributed by atoms with E-state index >= 15 is 0 Å². The molecule has 3 rings (SSSR count). The minimum absolute atomic E-state index is 0.172. The quantitative estimate of drug-likeness (QED) is 0.494. The standard InChI is InChI=1S/C23H39N5O2S/c1-3-31(29,30)28-16-12-22(13-17-28)26-23(24-2)25-18-20-10-6-7-11-21(20)19-27-14-8-4-5-9-15-27/h6-7,10-11,22H,3-5,8-9,12-19H2,1-2H3,(H2,24,25,26). The van der Waals surface area contributed by atoms with Crippen molar-refractivity contribution in [3.63, 3.8) is 0 Å². The van der Waals surface area contributed by atoms with E-state index in [1.807, 2.05) is 0 Å². The third kappa shape index (κ3) is 7.19. The zero-order chi connectivity index (χ0) is 22.1. The van der Waals surface area contributed by atoms with Crippen molar-refractivity contribution in [3.05, 3.63) is 35.4 Å². The van der Waals surface area contributed by atoms with Crippen molar-refractivity contribution < 1.29 is 8.42 Å². The summed E-state index contributed by atoms with van der Waals surface area (Å²) in [5, 5.41) is 6.95. The Morgan fingerprint density at radius 2 is 1.68 bits per heavy atom. The first kappa shape index (κ1) is 24.0. The number of hydrogen-bond donors (Lipinski definition) is 2. The smallest absolute Gasteiger partial charge is 0.213 e. The maximum Gasteiger partial charge on any atom is 0.213 e. The molecule has 2 heterocycles. The molecule has 0 saturated carbocycles. The molecule has 174 valence electrons. The number of nitrogens with one attached hydrogen (secondary N) is 2. The van der Waals surface area contributed by atoms with Crippen LogP contribution in [-0.4, -0.2) is 68.6 Å². The summed E-state index contributed by atoms with van der Waals surface area (Å²) in [7, 11) is -1.30. The maximum absolute atomic E-state index is 12.1. The number of piperidine rings is 1. The van der Waals surface area contributed by atoms with E-state index in [9.17, 15) is 8.42 Å². The number of likely N-dealkylation sites (tertiary alicyclic amines) is 1. The molecule has 2 aliphatic rings. The number of aliphatic imine (C=N–C) groups is 1. The Balaban J connectivity index is 1.51. The maximum atomic E-state index is 12.1. The first-order valence-corrected chi connectivity index (χ1v) is 13.4. The minimum atomic E-state index is -3.09. The minimum Gasteiger partial charge on any atom is -0.354 e. The Morgan fingerprint density at radius 3 is 2.29 bits per heavy atom. The van der Waals surface area contributed by atoms with Gasteiger partial charge in [-0.05, 0) is 56.8 Å². The molecular weight excluding hydrogens is 410 g/mol. The van der Waals surface area contributed by atoms with Crippen LogP contribution in [0.1, 0.15) is 56.6 Å². The van der Waals surface area contributed by atoms with Crippen LogP contribution in [0.4, 0.5) is 0 Å². The third-order valence-corrected chi connectivity index (χ3v) is 8.32. The zero-order valence-electron chi connectivity index (χ0n) is 19.1. The normalized spacial score (nSPS) is 20.4. The van der Waals surface area contributed by atoms with Gasteiger partial charge in [0, 0.05) is 39.3 Å². The molecule has 2 fully saturated rings. The predicted octanol–water partition coefficient (Wildman–Crippen LogP) is 2.54. The summed E-state index contributed by atoms with van der Waals surface area (Å²) in [6, 6.07) is 8.90. The van der Waals surface area contributed by atoms with Crippen LogP contribution in [0.25, 0.3) is 0 Å². The molecule has 2 N–H and O–H groups in total. The van der Waals surface area contributed by atoms with Crippen LogP contribution in [0, 0.1) is 0 Å². The lowest BCUT2D eigenvalue weighted by Crippen LogP contribution is -2.49. The molecule has 0 unspecified atom stereocenters. The highest BCUT2D eigenvalue weighted by Crippen LogP contribution is 2.17. The SMILES string of the molecule is CCS(=O)(=O)N1CCC(NC(=NC)NCc2ccccc2CN2CCCCCC2)CC1. The highest BCUT2D eigenvalue weighted by molar-refractivity contribution is 7.89. The van der Waals surface area contributed by atoms with Crippen molar-refractivity contribution in [1.29, 1.82) is 0 Å². The van der Waals surface area contributed by atoms with Crippen LogP contribution in [0.2, 0.25) is 0 Å². The molecule has 1 aromatic carbocycles. The summed E-state index contributed by atoms with van der Waals surface area (Å²) < 4.78 is 25.7. The van der Waals surface area contributed by atoms with Crippen LogP contribution in [0.3, 0.4) is 0 Å². The van der Waals surface area contributed by atoms with Crippen LogP contribution < -0.4 is 10.6 Å². The van der Waals surface area contributed by atoms with Crippen molar-refractivity contribution in [2.24, 2.45) is 4.99 Å². The van der Waals surface area contributed by atoms with Crippen LogP contribution >= 0.6 is 0 Å². The first-order chi connectivity index (χ1) is 15.0. The summed E-state index contributed by atoms with van der Waals surface area (Å²) >= 11 is 0. The molecule has 2 saturated heterocycles. The van der Waals surface area contributed by atoms with Crippen LogP contribution in [-0.2, 0) is 23.1 Å². The van der Waals surface area contributed by atoms with Gasteiger partial charge in [0.1, 0.15) is 0 Å².